The average molecular weight is 374 g/mol. The lowest BCUT2D eigenvalue weighted by molar-refractivity contribution is -0.303. The van der Waals surface area contributed by atoms with Crippen LogP contribution in [0.5, 0.6) is 0 Å². The SMILES string of the molecule is C=C(/C=C(\C=C(/C)Cl)OC(F)(F)F)[C@H](Br)C(F)(F)F. The van der Waals surface area contributed by atoms with Crippen LogP contribution in [0.2, 0.25) is 0 Å². The summed E-state index contributed by atoms with van der Waals surface area (Å²) in [5.74, 6) is -0.890. The zero-order valence-corrected chi connectivity index (χ0v) is 11.7. The van der Waals surface area contributed by atoms with Gasteiger partial charge in [-0.2, -0.15) is 13.2 Å². The maximum atomic E-state index is 12.3. The van der Waals surface area contributed by atoms with Crippen LogP contribution in [-0.4, -0.2) is 17.4 Å². The third-order valence-electron chi connectivity index (χ3n) is 1.52. The second kappa shape index (κ2) is 6.69. The molecule has 0 spiro atoms. The summed E-state index contributed by atoms with van der Waals surface area (Å²) in [6, 6.07) is 0. The quantitative estimate of drug-likeness (QED) is 0.276. The Hall–Kier alpha value is -0.630. The van der Waals surface area contributed by atoms with Crippen molar-refractivity contribution in [3.63, 3.8) is 0 Å². The predicted molar refractivity (Wildman–Crippen MR) is 62.7 cm³/mol. The summed E-state index contributed by atoms with van der Waals surface area (Å²) in [5.41, 5.74) is -0.652. The van der Waals surface area contributed by atoms with Crippen LogP contribution in [-0.2, 0) is 4.74 Å². The van der Waals surface area contributed by atoms with Crippen molar-refractivity contribution in [3.05, 3.63) is 35.1 Å². The first-order chi connectivity index (χ1) is 8.33. The fourth-order valence-corrected chi connectivity index (χ4v) is 1.14. The molecule has 0 saturated carbocycles. The normalized spacial score (nSPS) is 16.3. The molecule has 0 N–H and O–H groups in total. The molecule has 0 amide bonds. The number of hydrogen-bond acceptors (Lipinski definition) is 1. The van der Waals surface area contributed by atoms with Crippen LogP contribution in [0.1, 0.15) is 6.92 Å². The highest BCUT2D eigenvalue weighted by molar-refractivity contribution is 9.09. The highest BCUT2D eigenvalue weighted by Crippen LogP contribution is 2.33. The molecule has 0 fully saturated rings. The van der Waals surface area contributed by atoms with Crippen molar-refractivity contribution in [2.24, 2.45) is 0 Å². The third-order valence-corrected chi connectivity index (χ3v) is 2.73. The van der Waals surface area contributed by atoms with Crippen molar-refractivity contribution in [1.82, 2.24) is 0 Å². The maximum Gasteiger partial charge on any atom is 0.573 e. The fourth-order valence-electron chi connectivity index (χ4n) is 0.896. The van der Waals surface area contributed by atoms with Gasteiger partial charge in [-0.1, -0.05) is 34.1 Å². The van der Waals surface area contributed by atoms with Crippen LogP contribution < -0.4 is 0 Å². The van der Waals surface area contributed by atoms with E-state index in [9.17, 15) is 26.3 Å². The molecule has 9 heteroatoms. The van der Waals surface area contributed by atoms with E-state index in [4.69, 9.17) is 11.6 Å². The Morgan fingerprint density at radius 1 is 1.21 bits per heavy atom. The summed E-state index contributed by atoms with van der Waals surface area (Å²) in [6.07, 6.45) is -8.49. The Kier molecular flexibility index (Phi) is 6.47. The first kappa shape index (κ1) is 18.4. The Bertz CT molecular complexity index is 392. The summed E-state index contributed by atoms with van der Waals surface area (Å²) >= 11 is 7.64. The number of hydrogen-bond donors (Lipinski definition) is 0. The van der Waals surface area contributed by atoms with E-state index in [2.05, 4.69) is 27.2 Å². The van der Waals surface area contributed by atoms with Crippen molar-refractivity contribution in [1.29, 1.82) is 0 Å². The molecule has 0 saturated heterocycles. The van der Waals surface area contributed by atoms with Crippen LogP contribution in [0.15, 0.2) is 35.1 Å². The molecule has 0 aromatic carbocycles. The van der Waals surface area contributed by atoms with Crippen molar-refractivity contribution in [2.45, 2.75) is 24.3 Å². The van der Waals surface area contributed by atoms with Gasteiger partial charge in [0, 0.05) is 5.03 Å². The number of alkyl halides is 7. The molecule has 0 rings (SSSR count). The van der Waals surface area contributed by atoms with Crippen LogP contribution in [0.3, 0.4) is 0 Å². The predicted octanol–water partition coefficient (Wildman–Crippen LogP) is 5.43. The number of rotatable bonds is 4. The highest BCUT2D eigenvalue weighted by Gasteiger charge is 2.39. The van der Waals surface area contributed by atoms with Gasteiger partial charge in [-0.3, -0.25) is 0 Å². The first-order valence-electron chi connectivity index (χ1n) is 4.53. The van der Waals surface area contributed by atoms with E-state index >= 15 is 0 Å². The Morgan fingerprint density at radius 2 is 1.68 bits per heavy atom. The molecular weight excluding hydrogens is 365 g/mol. The molecule has 0 aliphatic heterocycles. The van der Waals surface area contributed by atoms with Gasteiger partial charge in [0.15, 0.2) is 0 Å². The molecule has 0 heterocycles. The van der Waals surface area contributed by atoms with Gasteiger partial charge < -0.3 is 4.74 Å². The largest absolute Gasteiger partial charge is 0.573 e. The molecule has 0 aromatic rings. The van der Waals surface area contributed by atoms with E-state index in [1.165, 1.54) is 6.92 Å². The molecule has 110 valence electrons. The molecular formula is C10H8BrClF6O. The second-order valence-corrected chi connectivity index (χ2v) is 4.82. The zero-order valence-electron chi connectivity index (χ0n) is 9.37. The summed E-state index contributed by atoms with van der Waals surface area (Å²) in [4.78, 5) is -2.18. The van der Waals surface area contributed by atoms with E-state index in [1.54, 1.807) is 0 Å². The number of halogens is 8. The molecule has 0 aliphatic carbocycles. The number of ether oxygens (including phenoxy) is 1. The smallest absolute Gasteiger partial charge is 0.406 e. The molecule has 0 aromatic heterocycles. The monoisotopic (exact) mass is 372 g/mol. The summed E-state index contributed by atoms with van der Waals surface area (Å²) < 4.78 is 76.6. The van der Waals surface area contributed by atoms with E-state index in [0.29, 0.717) is 6.08 Å². The van der Waals surface area contributed by atoms with Crippen molar-refractivity contribution in [2.75, 3.05) is 0 Å². The van der Waals surface area contributed by atoms with E-state index < -0.39 is 28.7 Å². The number of allylic oxidation sites excluding steroid dienone is 4. The van der Waals surface area contributed by atoms with Gasteiger partial charge in [-0.05, 0) is 24.6 Å². The van der Waals surface area contributed by atoms with Crippen LogP contribution in [0, 0.1) is 0 Å². The minimum Gasteiger partial charge on any atom is -0.406 e. The first-order valence-corrected chi connectivity index (χ1v) is 5.83. The van der Waals surface area contributed by atoms with E-state index in [0.717, 1.165) is 6.08 Å². The lowest BCUT2D eigenvalue weighted by Gasteiger charge is -2.15. The standard InChI is InChI=1S/C10H8BrClF6O/c1-5(8(11)9(13,14)15)3-7(4-6(2)12)19-10(16,17)18/h3-4,8H,1H2,2H3/b6-4+,7-3+/t8-/m0/s1. The average Bonchev–Trinajstić information content (AvgIpc) is 2.10. The molecule has 0 unspecified atom stereocenters. The fraction of sp³-hybridized carbons (Fsp3) is 0.400. The molecule has 1 atom stereocenters. The van der Waals surface area contributed by atoms with Gasteiger partial charge in [0.1, 0.15) is 10.6 Å². The summed E-state index contributed by atoms with van der Waals surface area (Å²) in [6.45, 7) is 4.28. The van der Waals surface area contributed by atoms with Crippen molar-refractivity contribution < 1.29 is 31.1 Å². The zero-order chi connectivity index (χ0) is 15.4. The molecule has 0 aliphatic rings. The summed E-state index contributed by atoms with van der Waals surface area (Å²) in [5, 5.41) is -0.0959. The maximum absolute atomic E-state index is 12.3. The molecule has 1 nitrogen and oxygen atoms in total. The lowest BCUT2D eigenvalue weighted by atomic mass is 10.2. The van der Waals surface area contributed by atoms with Gasteiger partial charge in [-0.25, -0.2) is 0 Å². The Labute approximate surface area is 118 Å². The lowest BCUT2D eigenvalue weighted by Crippen LogP contribution is -2.24. The molecule has 0 bridgehead atoms. The van der Waals surface area contributed by atoms with Crippen LogP contribution in [0.4, 0.5) is 26.3 Å². The van der Waals surface area contributed by atoms with Crippen LogP contribution >= 0.6 is 27.5 Å². The Balaban J connectivity index is 5.22. The van der Waals surface area contributed by atoms with Crippen molar-refractivity contribution >= 4 is 27.5 Å². The minimum atomic E-state index is -5.05. The second-order valence-electron chi connectivity index (χ2n) is 3.30. The molecule has 19 heavy (non-hydrogen) atoms. The van der Waals surface area contributed by atoms with E-state index in [-0.39, 0.29) is 5.03 Å². The van der Waals surface area contributed by atoms with Crippen molar-refractivity contribution in [3.8, 4) is 0 Å². The van der Waals surface area contributed by atoms with E-state index in [1.807, 2.05) is 0 Å². The van der Waals surface area contributed by atoms with Gasteiger partial charge in [0.2, 0.25) is 0 Å². The van der Waals surface area contributed by atoms with Gasteiger partial charge in [0.05, 0.1) is 0 Å². The topological polar surface area (TPSA) is 9.23 Å². The van der Waals surface area contributed by atoms with Gasteiger partial charge >= 0.3 is 12.5 Å². The highest BCUT2D eigenvalue weighted by atomic mass is 79.9. The summed E-state index contributed by atoms with van der Waals surface area (Å²) in [7, 11) is 0. The molecule has 0 radical (unpaired) electrons. The van der Waals surface area contributed by atoms with Gasteiger partial charge in [0.25, 0.3) is 0 Å². The minimum absolute atomic E-state index is 0.0959. The van der Waals surface area contributed by atoms with Gasteiger partial charge in [-0.15, -0.1) is 13.2 Å². The Morgan fingerprint density at radius 3 is 2.00 bits per heavy atom. The van der Waals surface area contributed by atoms with Crippen LogP contribution in [0.25, 0.3) is 0 Å². The third kappa shape index (κ3) is 8.20.